The van der Waals surface area contributed by atoms with E-state index in [1.165, 1.54) is 12.0 Å². The van der Waals surface area contributed by atoms with E-state index in [9.17, 15) is 14.4 Å². The highest BCUT2D eigenvalue weighted by atomic mass is 16.5. The molecule has 0 unspecified atom stereocenters. The van der Waals surface area contributed by atoms with E-state index in [1.807, 2.05) is 6.92 Å². The number of rotatable bonds is 8. The molecule has 8 heteroatoms. The number of esters is 1. The number of aliphatic hydroxyl groups is 1. The normalized spacial score (nSPS) is 13.8. The van der Waals surface area contributed by atoms with E-state index in [0.717, 1.165) is 6.42 Å². The summed E-state index contributed by atoms with van der Waals surface area (Å²) in [6.45, 7) is 2.57. The fraction of sp³-hybridized carbons (Fsp3) is 0.389. The highest BCUT2D eigenvalue weighted by Gasteiger charge is 2.34. The van der Waals surface area contributed by atoms with Gasteiger partial charge in [0, 0.05) is 24.3 Å². The lowest BCUT2D eigenvalue weighted by Crippen LogP contribution is -2.31. The number of anilines is 1. The number of ether oxygens (including phenoxy) is 1. The molecule has 0 saturated carbocycles. The molecule has 0 aromatic heterocycles. The number of methoxy groups -OCH3 is 1. The molecule has 2 amide bonds. The predicted octanol–water partition coefficient (Wildman–Crippen LogP) is 0.500. The van der Waals surface area contributed by atoms with Gasteiger partial charge in [-0.3, -0.25) is 9.59 Å². The van der Waals surface area contributed by atoms with Gasteiger partial charge in [-0.15, -0.1) is 0 Å². The van der Waals surface area contributed by atoms with Crippen LogP contribution in [0.25, 0.3) is 0 Å². The fourth-order valence-corrected chi connectivity index (χ4v) is 2.54. The molecular formula is C18H23N3O5. The Bertz CT molecular complexity index is 712. The van der Waals surface area contributed by atoms with E-state index >= 15 is 0 Å². The second-order valence-electron chi connectivity index (χ2n) is 5.75. The minimum Gasteiger partial charge on any atom is -0.466 e. The lowest BCUT2D eigenvalue weighted by Gasteiger charge is -2.15. The summed E-state index contributed by atoms with van der Waals surface area (Å²) in [5.74, 6) is -1.15. The molecule has 0 bridgehead atoms. The number of hydrogen-bond donors (Lipinski definition) is 3. The van der Waals surface area contributed by atoms with Crippen LogP contribution in [0, 0.1) is 0 Å². The monoisotopic (exact) mass is 361 g/mol. The summed E-state index contributed by atoms with van der Waals surface area (Å²) in [6.07, 6.45) is 0.849. The number of amides is 2. The smallest absolute Gasteiger partial charge is 0.337 e. The van der Waals surface area contributed by atoms with Crippen LogP contribution in [0.4, 0.5) is 5.69 Å². The number of β-amino-alcohol motifs (C(OH)–C–C–N with tert-alkyl or cyclic N) is 1. The molecule has 3 N–H and O–H groups in total. The number of nitrogens with zero attached hydrogens (tertiary/aromatic N) is 1. The number of carbonyl (C=O) groups is 3. The molecule has 1 heterocycles. The van der Waals surface area contributed by atoms with Gasteiger partial charge in [-0.25, -0.2) is 4.79 Å². The molecule has 1 aliphatic rings. The van der Waals surface area contributed by atoms with Gasteiger partial charge in [0.2, 0.25) is 0 Å². The average Bonchev–Trinajstić information content (AvgIpc) is 2.96. The quantitative estimate of drug-likeness (QED) is 0.582. The molecule has 0 saturated heterocycles. The van der Waals surface area contributed by atoms with Crippen molar-refractivity contribution in [2.75, 3.05) is 38.7 Å². The van der Waals surface area contributed by atoms with Crippen LogP contribution in [-0.4, -0.2) is 61.1 Å². The molecule has 1 aromatic carbocycles. The third-order valence-corrected chi connectivity index (χ3v) is 3.91. The van der Waals surface area contributed by atoms with Crippen molar-refractivity contribution in [1.82, 2.24) is 10.2 Å². The highest BCUT2D eigenvalue weighted by Crippen LogP contribution is 2.22. The number of benzene rings is 1. The summed E-state index contributed by atoms with van der Waals surface area (Å²) < 4.78 is 4.73. The second-order valence-corrected chi connectivity index (χ2v) is 5.75. The molecule has 0 atom stereocenters. The summed E-state index contributed by atoms with van der Waals surface area (Å²) in [7, 11) is 1.25. The third kappa shape index (κ3) is 4.40. The first-order valence-electron chi connectivity index (χ1n) is 8.38. The van der Waals surface area contributed by atoms with Crippen molar-refractivity contribution in [3.8, 4) is 0 Å². The summed E-state index contributed by atoms with van der Waals surface area (Å²) >= 11 is 0. The maximum atomic E-state index is 12.4. The number of carbonyl (C=O) groups excluding carboxylic acids is 3. The Kier molecular flexibility index (Phi) is 6.74. The van der Waals surface area contributed by atoms with Gasteiger partial charge >= 0.3 is 5.97 Å². The first kappa shape index (κ1) is 19.5. The largest absolute Gasteiger partial charge is 0.466 e. The maximum Gasteiger partial charge on any atom is 0.337 e. The Morgan fingerprint density at radius 2 is 1.96 bits per heavy atom. The van der Waals surface area contributed by atoms with Crippen LogP contribution in [-0.2, 0) is 14.3 Å². The van der Waals surface area contributed by atoms with Crippen molar-refractivity contribution in [3.63, 3.8) is 0 Å². The van der Waals surface area contributed by atoms with Crippen molar-refractivity contribution in [1.29, 1.82) is 0 Å². The van der Waals surface area contributed by atoms with Gasteiger partial charge in [-0.05, 0) is 30.7 Å². The molecule has 140 valence electrons. The standard InChI is InChI=1S/C18H23N3O5/c1-3-8-19-16(23)12-4-6-13(7-5-12)20-15-14(18(25)26-2)11-21(9-10-22)17(15)24/h4-7,20,22H,3,8-11H2,1-2H3,(H,19,23). The molecule has 1 aromatic rings. The molecule has 0 fully saturated rings. The lowest BCUT2D eigenvalue weighted by molar-refractivity contribution is -0.136. The Hall–Kier alpha value is -2.87. The van der Waals surface area contributed by atoms with Crippen LogP contribution in [0.3, 0.4) is 0 Å². The maximum absolute atomic E-state index is 12.4. The highest BCUT2D eigenvalue weighted by molar-refractivity contribution is 6.08. The predicted molar refractivity (Wildman–Crippen MR) is 95.4 cm³/mol. The number of nitrogens with one attached hydrogen (secondary N) is 2. The molecule has 2 rings (SSSR count). The number of hydrogen-bond acceptors (Lipinski definition) is 6. The van der Waals surface area contributed by atoms with Gasteiger partial charge in [0.1, 0.15) is 5.70 Å². The molecule has 8 nitrogen and oxygen atoms in total. The van der Waals surface area contributed by atoms with Crippen LogP contribution in [0.5, 0.6) is 0 Å². The van der Waals surface area contributed by atoms with Crippen molar-refractivity contribution in [2.24, 2.45) is 0 Å². The van der Waals surface area contributed by atoms with Gasteiger partial charge in [0.05, 0.1) is 25.8 Å². The van der Waals surface area contributed by atoms with Gasteiger partial charge in [0.15, 0.2) is 0 Å². The minimum atomic E-state index is -0.600. The Balaban J connectivity index is 2.17. The van der Waals surface area contributed by atoms with Gasteiger partial charge in [-0.1, -0.05) is 6.92 Å². The fourth-order valence-electron chi connectivity index (χ4n) is 2.54. The minimum absolute atomic E-state index is 0.0753. The van der Waals surface area contributed by atoms with E-state index in [-0.39, 0.29) is 42.8 Å². The van der Waals surface area contributed by atoms with Gasteiger partial charge in [-0.2, -0.15) is 0 Å². The summed E-state index contributed by atoms with van der Waals surface area (Å²) in [4.78, 5) is 37.7. The van der Waals surface area contributed by atoms with E-state index in [2.05, 4.69) is 10.6 Å². The molecule has 26 heavy (non-hydrogen) atoms. The molecular weight excluding hydrogens is 338 g/mol. The van der Waals surface area contributed by atoms with Crippen LogP contribution >= 0.6 is 0 Å². The van der Waals surface area contributed by atoms with E-state index in [4.69, 9.17) is 9.84 Å². The molecule has 1 aliphatic heterocycles. The SMILES string of the molecule is CCCNC(=O)c1ccc(NC2=C(C(=O)OC)CN(CCO)C2=O)cc1. The van der Waals surface area contributed by atoms with Gasteiger partial charge in [0.25, 0.3) is 11.8 Å². The van der Waals surface area contributed by atoms with Crippen LogP contribution in [0.2, 0.25) is 0 Å². The Morgan fingerprint density at radius 1 is 1.27 bits per heavy atom. The molecule has 0 aliphatic carbocycles. The first-order chi connectivity index (χ1) is 12.5. The summed E-state index contributed by atoms with van der Waals surface area (Å²) in [6, 6.07) is 6.59. The van der Waals surface area contributed by atoms with E-state index < -0.39 is 5.97 Å². The van der Waals surface area contributed by atoms with E-state index in [0.29, 0.717) is 17.8 Å². The third-order valence-electron chi connectivity index (χ3n) is 3.91. The topological polar surface area (TPSA) is 108 Å². The van der Waals surface area contributed by atoms with Gasteiger partial charge < -0.3 is 25.4 Å². The average molecular weight is 361 g/mol. The Labute approximate surface area is 151 Å². The van der Waals surface area contributed by atoms with Crippen molar-refractivity contribution < 1.29 is 24.2 Å². The zero-order valence-corrected chi connectivity index (χ0v) is 14.9. The van der Waals surface area contributed by atoms with Crippen molar-refractivity contribution >= 4 is 23.5 Å². The second kappa shape index (κ2) is 9.00. The van der Waals surface area contributed by atoms with Crippen LogP contribution in [0.1, 0.15) is 23.7 Å². The first-order valence-corrected chi connectivity index (χ1v) is 8.38. The van der Waals surface area contributed by atoms with Crippen molar-refractivity contribution in [2.45, 2.75) is 13.3 Å². The number of aliphatic hydroxyl groups excluding tert-OH is 1. The van der Waals surface area contributed by atoms with Crippen LogP contribution < -0.4 is 10.6 Å². The molecule has 0 spiro atoms. The zero-order valence-electron chi connectivity index (χ0n) is 14.9. The zero-order chi connectivity index (χ0) is 19.1. The van der Waals surface area contributed by atoms with Crippen LogP contribution in [0.15, 0.2) is 35.5 Å². The summed E-state index contributed by atoms with van der Waals surface area (Å²) in [5.41, 5.74) is 1.39. The molecule has 0 radical (unpaired) electrons. The lowest BCUT2D eigenvalue weighted by atomic mass is 10.1. The Morgan fingerprint density at radius 3 is 2.54 bits per heavy atom. The van der Waals surface area contributed by atoms with E-state index in [1.54, 1.807) is 24.3 Å². The summed E-state index contributed by atoms with van der Waals surface area (Å²) in [5, 5.41) is 14.8. The van der Waals surface area contributed by atoms with Crippen molar-refractivity contribution in [3.05, 3.63) is 41.1 Å².